The topological polar surface area (TPSA) is 49.4 Å². The van der Waals surface area contributed by atoms with Crippen LogP contribution in [0.3, 0.4) is 0 Å². The monoisotopic (exact) mass is 370 g/mol. The van der Waals surface area contributed by atoms with Crippen molar-refractivity contribution in [3.63, 3.8) is 0 Å². The van der Waals surface area contributed by atoms with Crippen molar-refractivity contribution in [2.24, 2.45) is 0 Å². The lowest BCUT2D eigenvalue weighted by Crippen LogP contribution is -2.22. The highest BCUT2D eigenvalue weighted by molar-refractivity contribution is 7.14. The molecule has 128 valence electrons. The first kappa shape index (κ1) is 17.4. The minimum atomic E-state index is -0.121. The van der Waals surface area contributed by atoms with Gasteiger partial charge in [-0.3, -0.25) is 9.59 Å². The molecule has 3 rings (SSSR count). The average molecular weight is 370 g/mol. The van der Waals surface area contributed by atoms with E-state index < -0.39 is 0 Å². The molecule has 0 bridgehead atoms. The summed E-state index contributed by atoms with van der Waals surface area (Å²) >= 11 is 2.92. The first-order valence-electron chi connectivity index (χ1n) is 7.76. The summed E-state index contributed by atoms with van der Waals surface area (Å²) < 4.78 is 0. The van der Waals surface area contributed by atoms with Gasteiger partial charge in [0.1, 0.15) is 0 Å². The molecule has 0 atom stereocenters. The van der Waals surface area contributed by atoms with Gasteiger partial charge >= 0.3 is 0 Å². The van der Waals surface area contributed by atoms with E-state index in [-0.39, 0.29) is 11.7 Å². The van der Waals surface area contributed by atoms with Crippen LogP contribution < -0.4 is 10.2 Å². The molecule has 0 aliphatic heterocycles. The van der Waals surface area contributed by atoms with Crippen LogP contribution in [-0.4, -0.2) is 25.8 Å². The predicted octanol–water partition coefficient (Wildman–Crippen LogP) is 4.04. The van der Waals surface area contributed by atoms with Crippen LogP contribution in [0.1, 0.15) is 30.5 Å². The van der Waals surface area contributed by atoms with E-state index in [1.807, 2.05) is 72.2 Å². The number of anilines is 1. The van der Waals surface area contributed by atoms with Crippen LogP contribution >= 0.6 is 22.7 Å². The molecule has 3 aromatic rings. The molecular weight excluding hydrogens is 352 g/mol. The first-order chi connectivity index (χ1) is 12.0. The second-order valence-electron chi connectivity index (χ2n) is 5.73. The van der Waals surface area contributed by atoms with Gasteiger partial charge in [-0.15, -0.1) is 11.3 Å². The van der Waals surface area contributed by atoms with Gasteiger partial charge in [-0.25, -0.2) is 0 Å². The van der Waals surface area contributed by atoms with Crippen molar-refractivity contribution in [3.05, 3.63) is 74.1 Å². The van der Waals surface area contributed by atoms with Crippen molar-refractivity contribution in [1.29, 1.82) is 0 Å². The van der Waals surface area contributed by atoms with Crippen LogP contribution in [-0.2, 0) is 6.54 Å². The van der Waals surface area contributed by atoms with E-state index in [1.165, 1.54) is 22.7 Å². The summed E-state index contributed by atoms with van der Waals surface area (Å²) in [7, 11) is 3.92. The summed E-state index contributed by atoms with van der Waals surface area (Å²) in [6.45, 7) is 0.413. The SMILES string of the molecule is CN(C)c1ccc(C(=O)NCc2ccc(C(=O)c3ccsc3)s2)cc1. The molecule has 0 unspecified atom stereocenters. The normalized spacial score (nSPS) is 10.5. The summed E-state index contributed by atoms with van der Waals surface area (Å²) in [5.41, 5.74) is 2.38. The van der Waals surface area contributed by atoms with Gasteiger partial charge < -0.3 is 10.2 Å². The largest absolute Gasteiger partial charge is 0.378 e. The molecular formula is C19H18N2O2S2. The molecule has 0 spiro atoms. The predicted molar refractivity (Wildman–Crippen MR) is 104 cm³/mol. The fraction of sp³-hybridized carbons (Fsp3) is 0.158. The Balaban J connectivity index is 1.60. The molecule has 0 saturated carbocycles. The molecule has 0 aliphatic rings. The Hall–Kier alpha value is -2.44. The van der Waals surface area contributed by atoms with Crippen molar-refractivity contribution in [2.75, 3.05) is 19.0 Å². The fourth-order valence-electron chi connectivity index (χ4n) is 2.31. The first-order valence-corrected chi connectivity index (χ1v) is 9.52. The van der Waals surface area contributed by atoms with E-state index in [4.69, 9.17) is 0 Å². The van der Waals surface area contributed by atoms with Crippen LogP contribution in [0.25, 0.3) is 0 Å². The number of benzene rings is 1. The van der Waals surface area contributed by atoms with Gasteiger partial charge in [-0.1, -0.05) is 0 Å². The van der Waals surface area contributed by atoms with Gasteiger partial charge in [0.15, 0.2) is 0 Å². The van der Waals surface area contributed by atoms with E-state index in [0.717, 1.165) is 10.6 Å². The highest BCUT2D eigenvalue weighted by atomic mass is 32.1. The minimum absolute atomic E-state index is 0.0306. The Morgan fingerprint density at radius 2 is 1.76 bits per heavy atom. The van der Waals surface area contributed by atoms with Crippen LogP contribution in [0, 0.1) is 0 Å². The number of hydrogen-bond donors (Lipinski definition) is 1. The van der Waals surface area contributed by atoms with Gasteiger partial charge in [0.05, 0.1) is 11.4 Å². The Morgan fingerprint density at radius 3 is 2.40 bits per heavy atom. The van der Waals surface area contributed by atoms with Crippen molar-refractivity contribution in [2.45, 2.75) is 6.54 Å². The average Bonchev–Trinajstić information content (AvgIpc) is 3.31. The summed E-state index contributed by atoms with van der Waals surface area (Å²) in [5, 5.41) is 6.64. The zero-order valence-corrected chi connectivity index (χ0v) is 15.6. The Bertz CT molecular complexity index is 865. The van der Waals surface area contributed by atoms with Crippen molar-refractivity contribution < 1.29 is 9.59 Å². The number of nitrogens with zero attached hydrogens (tertiary/aromatic N) is 1. The number of carbonyl (C=O) groups excluding carboxylic acids is 2. The number of amides is 1. The van der Waals surface area contributed by atoms with E-state index in [2.05, 4.69) is 5.32 Å². The third-order valence-electron chi connectivity index (χ3n) is 3.74. The Kier molecular flexibility index (Phi) is 5.31. The Labute approximate surface area is 154 Å². The lowest BCUT2D eigenvalue weighted by atomic mass is 10.2. The highest BCUT2D eigenvalue weighted by Crippen LogP contribution is 2.21. The van der Waals surface area contributed by atoms with Crippen LogP contribution in [0.4, 0.5) is 5.69 Å². The molecule has 1 amide bonds. The lowest BCUT2D eigenvalue weighted by Gasteiger charge is -2.12. The number of carbonyl (C=O) groups is 2. The Morgan fingerprint density at radius 1 is 1.00 bits per heavy atom. The van der Waals surface area contributed by atoms with E-state index >= 15 is 0 Å². The minimum Gasteiger partial charge on any atom is -0.378 e. The molecule has 0 aliphatic carbocycles. The third-order valence-corrected chi connectivity index (χ3v) is 5.51. The molecule has 2 aromatic heterocycles. The summed E-state index contributed by atoms with van der Waals surface area (Å²) in [4.78, 5) is 28.2. The molecule has 0 radical (unpaired) electrons. The van der Waals surface area contributed by atoms with Crippen molar-refractivity contribution in [3.8, 4) is 0 Å². The number of rotatable bonds is 6. The fourth-order valence-corrected chi connectivity index (χ4v) is 3.86. The van der Waals surface area contributed by atoms with Gasteiger partial charge in [-0.2, -0.15) is 11.3 Å². The molecule has 1 aromatic carbocycles. The van der Waals surface area contributed by atoms with E-state index in [9.17, 15) is 9.59 Å². The maximum atomic E-state index is 12.3. The molecule has 6 heteroatoms. The molecule has 1 N–H and O–H groups in total. The zero-order valence-electron chi connectivity index (χ0n) is 14.0. The smallest absolute Gasteiger partial charge is 0.251 e. The molecule has 2 heterocycles. The van der Waals surface area contributed by atoms with Gasteiger partial charge in [0.25, 0.3) is 5.91 Å². The number of thiophene rings is 2. The van der Waals surface area contributed by atoms with E-state index in [0.29, 0.717) is 22.5 Å². The summed E-state index contributed by atoms with van der Waals surface area (Å²) in [6, 6.07) is 13.0. The second-order valence-corrected chi connectivity index (χ2v) is 7.68. The molecule has 25 heavy (non-hydrogen) atoms. The maximum absolute atomic E-state index is 12.3. The maximum Gasteiger partial charge on any atom is 0.251 e. The van der Waals surface area contributed by atoms with Crippen LogP contribution in [0.2, 0.25) is 0 Å². The standard InChI is InChI=1S/C19H18N2O2S2/c1-21(2)15-5-3-13(4-6-15)19(23)20-11-16-7-8-17(25-16)18(22)14-9-10-24-12-14/h3-10,12H,11H2,1-2H3,(H,20,23). The molecule has 0 fully saturated rings. The number of nitrogens with one attached hydrogen (secondary N) is 1. The molecule has 0 saturated heterocycles. The van der Waals surface area contributed by atoms with Crippen LogP contribution in [0.15, 0.2) is 53.2 Å². The van der Waals surface area contributed by atoms with E-state index in [1.54, 1.807) is 0 Å². The molecule has 4 nitrogen and oxygen atoms in total. The lowest BCUT2D eigenvalue weighted by molar-refractivity contribution is 0.0950. The summed E-state index contributed by atoms with van der Waals surface area (Å²) in [6.07, 6.45) is 0. The summed E-state index contributed by atoms with van der Waals surface area (Å²) in [5.74, 6) is -0.0903. The number of hydrogen-bond acceptors (Lipinski definition) is 5. The third kappa shape index (κ3) is 4.15. The van der Waals surface area contributed by atoms with Crippen molar-refractivity contribution >= 4 is 40.1 Å². The highest BCUT2D eigenvalue weighted by Gasteiger charge is 2.13. The zero-order chi connectivity index (χ0) is 17.8. The quantitative estimate of drug-likeness (QED) is 0.666. The van der Waals surface area contributed by atoms with Crippen LogP contribution in [0.5, 0.6) is 0 Å². The van der Waals surface area contributed by atoms with Gasteiger partial charge in [-0.05, 0) is 47.8 Å². The van der Waals surface area contributed by atoms with Gasteiger partial charge in [0.2, 0.25) is 5.78 Å². The second kappa shape index (κ2) is 7.63. The van der Waals surface area contributed by atoms with Gasteiger partial charge in [0, 0.05) is 41.2 Å². The number of ketones is 1. The van der Waals surface area contributed by atoms with Crippen molar-refractivity contribution in [1.82, 2.24) is 5.32 Å².